The number of aryl methyl sites for hydroxylation is 1. The number of rotatable bonds is 4. The Labute approximate surface area is 176 Å². The predicted octanol–water partition coefficient (Wildman–Crippen LogP) is 3.18. The van der Waals surface area contributed by atoms with Gasteiger partial charge in [-0.15, -0.1) is 0 Å². The van der Waals surface area contributed by atoms with Crippen LogP contribution >= 0.6 is 0 Å². The fourth-order valence-corrected chi connectivity index (χ4v) is 4.22. The second kappa shape index (κ2) is 8.18. The lowest BCUT2D eigenvalue weighted by molar-refractivity contribution is 0.0771. The number of nitrogens with zero attached hydrogens (tertiary/aromatic N) is 2. The first-order valence-corrected chi connectivity index (χ1v) is 10.3. The molecule has 1 fully saturated rings. The van der Waals surface area contributed by atoms with Crippen LogP contribution in [-0.2, 0) is 0 Å². The summed E-state index contributed by atoms with van der Waals surface area (Å²) in [5.74, 6) is -0.100. The van der Waals surface area contributed by atoms with Gasteiger partial charge in [-0.3, -0.25) is 9.59 Å². The number of urea groups is 1. The zero-order valence-electron chi connectivity index (χ0n) is 17.3. The maximum absolute atomic E-state index is 12.9. The number of carbonyl (C=O) groups excluding carboxylic acids is 3. The van der Waals surface area contributed by atoms with Crippen LogP contribution in [-0.4, -0.2) is 54.3 Å². The Balaban J connectivity index is 1.46. The molecule has 2 aromatic rings. The van der Waals surface area contributed by atoms with E-state index in [-0.39, 0.29) is 24.4 Å². The van der Waals surface area contributed by atoms with Gasteiger partial charge in [-0.1, -0.05) is 30.3 Å². The number of hydrogen-bond donors (Lipinski definition) is 2. The van der Waals surface area contributed by atoms with Crippen LogP contribution in [0.25, 0.3) is 0 Å². The number of likely N-dealkylation sites (tertiary alicyclic amines) is 1. The van der Waals surface area contributed by atoms with Gasteiger partial charge >= 0.3 is 6.03 Å². The fourth-order valence-electron chi connectivity index (χ4n) is 4.22. The van der Waals surface area contributed by atoms with Crippen LogP contribution < -0.4 is 10.6 Å². The van der Waals surface area contributed by atoms with Crippen LogP contribution in [0.3, 0.4) is 0 Å². The van der Waals surface area contributed by atoms with Gasteiger partial charge in [-0.05, 0) is 43.0 Å². The average Bonchev–Trinajstić information content (AvgIpc) is 3.36. The number of benzene rings is 2. The molecule has 30 heavy (non-hydrogen) atoms. The van der Waals surface area contributed by atoms with E-state index < -0.39 is 6.03 Å². The number of amides is 4. The van der Waals surface area contributed by atoms with Crippen molar-refractivity contribution in [1.29, 1.82) is 0 Å². The molecule has 0 bridgehead atoms. The van der Waals surface area contributed by atoms with Crippen LogP contribution in [0.2, 0.25) is 0 Å². The van der Waals surface area contributed by atoms with Gasteiger partial charge in [-0.2, -0.15) is 0 Å². The van der Waals surface area contributed by atoms with Crippen molar-refractivity contribution in [3.8, 4) is 0 Å². The van der Waals surface area contributed by atoms with E-state index in [1.807, 2.05) is 42.2 Å². The van der Waals surface area contributed by atoms with E-state index in [0.29, 0.717) is 16.8 Å². The number of likely N-dealkylation sites (N-methyl/N-ethyl adjacent to an activating group) is 1. The predicted molar refractivity (Wildman–Crippen MR) is 115 cm³/mol. The third kappa shape index (κ3) is 3.63. The Bertz CT molecular complexity index is 998. The molecule has 0 radical (unpaired) electrons. The summed E-state index contributed by atoms with van der Waals surface area (Å²) in [4.78, 5) is 41.4. The highest BCUT2D eigenvalue weighted by Crippen LogP contribution is 2.31. The van der Waals surface area contributed by atoms with Gasteiger partial charge in [0.1, 0.15) is 0 Å². The molecule has 1 saturated heterocycles. The Morgan fingerprint density at radius 3 is 2.57 bits per heavy atom. The molecular weight excluding hydrogens is 380 g/mol. The van der Waals surface area contributed by atoms with E-state index in [2.05, 4.69) is 10.6 Å². The van der Waals surface area contributed by atoms with Crippen LogP contribution in [0.4, 0.5) is 10.5 Å². The summed E-state index contributed by atoms with van der Waals surface area (Å²) >= 11 is 0. The Hall–Kier alpha value is -3.35. The van der Waals surface area contributed by atoms with Crippen LogP contribution in [0.1, 0.15) is 50.7 Å². The Morgan fingerprint density at radius 1 is 1.07 bits per heavy atom. The highest BCUT2D eigenvalue weighted by Gasteiger charge is 2.33. The number of hydrogen-bond acceptors (Lipinski definition) is 3. The second-order valence-corrected chi connectivity index (χ2v) is 7.85. The van der Waals surface area contributed by atoms with Crippen LogP contribution in [0.5, 0.6) is 0 Å². The number of anilines is 1. The lowest BCUT2D eigenvalue weighted by atomic mass is 10.0. The van der Waals surface area contributed by atoms with Crippen molar-refractivity contribution in [1.82, 2.24) is 15.1 Å². The van der Waals surface area contributed by atoms with Crippen molar-refractivity contribution < 1.29 is 14.4 Å². The summed E-state index contributed by atoms with van der Waals surface area (Å²) < 4.78 is 0. The van der Waals surface area contributed by atoms with Crippen molar-refractivity contribution in [3.05, 3.63) is 64.7 Å². The van der Waals surface area contributed by atoms with Gasteiger partial charge in [0.05, 0.1) is 17.3 Å². The molecule has 0 saturated carbocycles. The van der Waals surface area contributed by atoms with Crippen LogP contribution in [0, 0.1) is 6.92 Å². The normalized spacial score (nSPS) is 17.8. The molecule has 1 atom stereocenters. The zero-order valence-corrected chi connectivity index (χ0v) is 17.3. The van der Waals surface area contributed by atoms with Crippen LogP contribution in [0.15, 0.2) is 42.5 Å². The second-order valence-electron chi connectivity index (χ2n) is 7.85. The largest absolute Gasteiger partial charge is 0.339 e. The zero-order chi connectivity index (χ0) is 21.3. The SMILES string of the molecule is Cc1cccc(C(=O)N2CCCC2)c1NC(=O)NCC1c2ccccc2C(=O)N1C. The standard InChI is InChI=1S/C23H26N4O3/c1-15-8-7-11-18(22(29)27-12-5-6-13-27)20(15)25-23(30)24-14-19-16-9-3-4-10-17(16)21(28)26(19)2/h3-4,7-11,19H,5-6,12-14H2,1-2H3,(H2,24,25,30). The monoisotopic (exact) mass is 406 g/mol. The molecule has 0 spiro atoms. The summed E-state index contributed by atoms with van der Waals surface area (Å²) in [7, 11) is 1.74. The lowest BCUT2D eigenvalue weighted by Crippen LogP contribution is -2.37. The minimum atomic E-state index is -0.398. The van der Waals surface area contributed by atoms with E-state index >= 15 is 0 Å². The van der Waals surface area contributed by atoms with Crippen molar-refractivity contribution in [2.45, 2.75) is 25.8 Å². The quantitative estimate of drug-likeness (QED) is 0.818. The first kappa shape index (κ1) is 19.9. The molecule has 2 aliphatic rings. The molecule has 0 aromatic heterocycles. The van der Waals surface area contributed by atoms with Gasteiger partial charge in [0.25, 0.3) is 11.8 Å². The van der Waals surface area contributed by atoms with Gasteiger partial charge in [0, 0.05) is 32.2 Å². The third-order valence-electron chi connectivity index (χ3n) is 5.93. The summed E-state index contributed by atoms with van der Waals surface area (Å²) in [5.41, 5.74) is 3.44. The third-order valence-corrected chi connectivity index (χ3v) is 5.93. The van der Waals surface area contributed by atoms with Crippen molar-refractivity contribution in [2.24, 2.45) is 0 Å². The minimum absolute atomic E-state index is 0.0461. The molecule has 2 aromatic carbocycles. The smallest absolute Gasteiger partial charge is 0.319 e. The number of nitrogens with one attached hydrogen (secondary N) is 2. The van der Waals surface area contributed by atoms with Crippen molar-refractivity contribution >= 4 is 23.5 Å². The summed E-state index contributed by atoms with van der Waals surface area (Å²) in [6.07, 6.45) is 2.02. The lowest BCUT2D eigenvalue weighted by Gasteiger charge is -2.22. The first-order valence-electron chi connectivity index (χ1n) is 10.3. The summed E-state index contributed by atoms with van der Waals surface area (Å²) in [5, 5.41) is 5.72. The molecule has 2 N–H and O–H groups in total. The Kier molecular flexibility index (Phi) is 5.44. The molecule has 4 rings (SSSR count). The fraction of sp³-hybridized carbons (Fsp3) is 0.348. The molecule has 1 unspecified atom stereocenters. The topological polar surface area (TPSA) is 81.8 Å². The molecular formula is C23H26N4O3. The van der Waals surface area contributed by atoms with Gasteiger partial charge in [-0.25, -0.2) is 4.79 Å². The van der Waals surface area contributed by atoms with Crippen molar-refractivity contribution in [3.63, 3.8) is 0 Å². The highest BCUT2D eigenvalue weighted by molar-refractivity contribution is 6.04. The minimum Gasteiger partial charge on any atom is -0.339 e. The molecule has 0 aliphatic carbocycles. The summed E-state index contributed by atoms with van der Waals surface area (Å²) in [6.45, 7) is 3.65. The van der Waals surface area contributed by atoms with E-state index in [1.54, 1.807) is 24.1 Å². The molecule has 2 heterocycles. The van der Waals surface area contributed by atoms with E-state index in [0.717, 1.165) is 37.1 Å². The number of fused-ring (bicyclic) bond motifs is 1. The number of carbonyl (C=O) groups is 3. The maximum Gasteiger partial charge on any atom is 0.319 e. The first-order chi connectivity index (χ1) is 14.5. The van der Waals surface area contributed by atoms with Gasteiger partial charge in [0.2, 0.25) is 0 Å². The molecule has 7 heteroatoms. The van der Waals surface area contributed by atoms with Gasteiger partial charge in [0.15, 0.2) is 0 Å². The average molecular weight is 406 g/mol. The molecule has 156 valence electrons. The van der Waals surface area contributed by atoms with Gasteiger partial charge < -0.3 is 20.4 Å². The van der Waals surface area contributed by atoms with E-state index in [4.69, 9.17) is 0 Å². The highest BCUT2D eigenvalue weighted by atomic mass is 16.2. The maximum atomic E-state index is 12.9. The molecule has 7 nitrogen and oxygen atoms in total. The summed E-state index contributed by atoms with van der Waals surface area (Å²) in [6, 6.07) is 12.3. The molecule has 2 aliphatic heterocycles. The van der Waals surface area contributed by atoms with E-state index in [1.165, 1.54) is 0 Å². The number of para-hydroxylation sites is 1. The Morgan fingerprint density at radius 2 is 1.80 bits per heavy atom. The molecule has 4 amide bonds. The van der Waals surface area contributed by atoms with Crippen molar-refractivity contribution in [2.75, 3.05) is 32.0 Å². The van der Waals surface area contributed by atoms with E-state index in [9.17, 15) is 14.4 Å².